The summed E-state index contributed by atoms with van der Waals surface area (Å²) in [6.45, 7) is 0. The molecule has 0 saturated carbocycles. The fourth-order valence-electron chi connectivity index (χ4n) is 2.55. The minimum Gasteiger partial charge on any atom is -0.534 e. The Morgan fingerprint density at radius 3 is 2.87 bits per heavy atom. The summed E-state index contributed by atoms with van der Waals surface area (Å²) in [6.07, 6.45) is 0.552. The molecule has 1 aromatic carbocycles. The van der Waals surface area contributed by atoms with Crippen LogP contribution in [-0.2, 0) is 17.6 Å². The highest BCUT2D eigenvalue weighted by atomic mass is 32.1. The zero-order chi connectivity index (χ0) is 16.4. The first-order valence-electron chi connectivity index (χ1n) is 7.06. The number of benzene rings is 1. The van der Waals surface area contributed by atoms with Crippen LogP contribution in [0, 0.1) is 0 Å². The van der Waals surface area contributed by atoms with Gasteiger partial charge in [0.15, 0.2) is 0 Å². The summed E-state index contributed by atoms with van der Waals surface area (Å²) in [5.41, 5.74) is 0.654. The van der Waals surface area contributed by atoms with E-state index in [0.717, 1.165) is 4.88 Å². The maximum atomic E-state index is 12.0. The van der Waals surface area contributed by atoms with Gasteiger partial charge in [0, 0.05) is 4.88 Å². The molecule has 6 nitrogen and oxygen atoms in total. The normalized spacial score (nSPS) is 16.4. The van der Waals surface area contributed by atoms with E-state index in [-0.39, 0.29) is 23.6 Å². The molecule has 1 aliphatic heterocycles. The van der Waals surface area contributed by atoms with E-state index in [1.54, 1.807) is 12.1 Å². The Labute approximate surface area is 136 Å². The molecule has 8 heteroatoms. The van der Waals surface area contributed by atoms with Crippen LogP contribution in [0.2, 0.25) is 0 Å². The second kappa shape index (κ2) is 6.43. The molecule has 3 N–H and O–H groups in total. The highest BCUT2D eigenvalue weighted by molar-refractivity contribution is 7.10. The lowest BCUT2D eigenvalue weighted by Gasteiger charge is -2.28. The third-order valence-corrected chi connectivity index (χ3v) is 4.49. The van der Waals surface area contributed by atoms with Gasteiger partial charge in [-0.1, -0.05) is 18.2 Å². The van der Waals surface area contributed by atoms with Crippen LogP contribution in [0.3, 0.4) is 0 Å². The molecule has 1 aliphatic rings. The summed E-state index contributed by atoms with van der Waals surface area (Å²) < 4.78 is 5.34. The van der Waals surface area contributed by atoms with E-state index >= 15 is 0 Å². The Kier molecular flexibility index (Phi) is 4.36. The van der Waals surface area contributed by atoms with Gasteiger partial charge in [0.25, 0.3) is 0 Å². The van der Waals surface area contributed by atoms with Crippen molar-refractivity contribution in [1.82, 2.24) is 5.32 Å². The molecule has 118 valence electrons. The van der Waals surface area contributed by atoms with Crippen LogP contribution in [0.4, 0.5) is 0 Å². The van der Waals surface area contributed by atoms with Crippen molar-refractivity contribution in [3.8, 4) is 5.75 Å². The standard InChI is InChI=1S/C15H14BNO5S/c18-13(8-10-4-2-6-23-10)17-12-7-9-3-1-5-11(15(19)20)14(9)22-16(12)21/h1-6,12,21H,7-8H2,(H,17,18)(H,19,20). The van der Waals surface area contributed by atoms with Crippen molar-refractivity contribution in [1.29, 1.82) is 0 Å². The zero-order valence-electron chi connectivity index (χ0n) is 12.1. The van der Waals surface area contributed by atoms with Gasteiger partial charge in [-0.05, 0) is 29.5 Å². The van der Waals surface area contributed by atoms with Crippen molar-refractivity contribution >= 4 is 30.3 Å². The van der Waals surface area contributed by atoms with Gasteiger partial charge in [-0.2, -0.15) is 0 Å². The van der Waals surface area contributed by atoms with Crippen LogP contribution in [0.15, 0.2) is 35.7 Å². The van der Waals surface area contributed by atoms with Crippen molar-refractivity contribution in [3.63, 3.8) is 0 Å². The van der Waals surface area contributed by atoms with E-state index in [4.69, 9.17) is 9.76 Å². The second-order valence-corrected chi connectivity index (χ2v) is 6.27. The molecule has 0 spiro atoms. The number of carboxylic acids is 1. The third-order valence-electron chi connectivity index (χ3n) is 3.61. The number of rotatable bonds is 4. The average molecular weight is 331 g/mol. The van der Waals surface area contributed by atoms with E-state index in [1.165, 1.54) is 17.4 Å². The number of para-hydroxylation sites is 1. The Morgan fingerprint density at radius 1 is 1.35 bits per heavy atom. The minimum absolute atomic E-state index is 0.00455. The van der Waals surface area contributed by atoms with Crippen LogP contribution in [0.25, 0.3) is 0 Å². The van der Waals surface area contributed by atoms with E-state index < -0.39 is 19.0 Å². The van der Waals surface area contributed by atoms with Gasteiger partial charge in [-0.15, -0.1) is 11.3 Å². The van der Waals surface area contributed by atoms with Crippen molar-refractivity contribution in [2.75, 3.05) is 0 Å². The van der Waals surface area contributed by atoms with Crippen molar-refractivity contribution < 1.29 is 24.4 Å². The molecule has 0 aliphatic carbocycles. The Balaban J connectivity index is 1.72. The van der Waals surface area contributed by atoms with Gasteiger partial charge >= 0.3 is 13.1 Å². The molecule has 1 unspecified atom stereocenters. The predicted molar refractivity (Wildman–Crippen MR) is 85.7 cm³/mol. The van der Waals surface area contributed by atoms with Crippen LogP contribution < -0.4 is 9.97 Å². The number of nitrogens with one attached hydrogen (secondary N) is 1. The number of hydrogen-bond acceptors (Lipinski definition) is 5. The number of aromatic carboxylic acids is 1. The lowest BCUT2D eigenvalue weighted by atomic mass is 9.72. The quantitative estimate of drug-likeness (QED) is 0.730. The first-order valence-corrected chi connectivity index (χ1v) is 7.94. The molecule has 23 heavy (non-hydrogen) atoms. The molecule has 1 amide bonds. The summed E-state index contributed by atoms with van der Waals surface area (Å²) in [6, 6.07) is 8.51. The predicted octanol–water partition coefficient (Wildman–Crippen LogP) is 1.13. The lowest BCUT2D eigenvalue weighted by molar-refractivity contribution is -0.120. The molecule has 0 bridgehead atoms. The van der Waals surface area contributed by atoms with Crippen LogP contribution in [0.5, 0.6) is 5.75 Å². The van der Waals surface area contributed by atoms with Crippen LogP contribution >= 0.6 is 11.3 Å². The molecule has 0 fully saturated rings. The molecule has 2 aromatic rings. The zero-order valence-corrected chi connectivity index (χ0v) is 12.9. The average Bonchev–Trinajstić information content (AvgIpc) is 3.00. The van der Waals surface area contributed by atoms with Gasteiger partial charge in [0.05, 0.1) is 17.9 Å². The molecular weight excluding hydrogens is 317 g/mol. The number of carboxylic acid groups (broad SMARTS) is 1. The summed E-state index contributed by atoms with van der Waals surface area (Å²) in [5.74, 6) is -1.78. The van der Waals surface area contributed by atoms with Crippen LogP contribution in [0.1, 0.15) is 20.8 Å². The third kappa shape index (κ3) is 3.38. The largest absolute Gasteiger partial charge is 0.547 e. The van der Waals surface area contributed by atoms with Gasteiger partial charge in [-0.3, -0.25) is 4.79 Å². The summed E-state index contributed by atoms with van der Waals surface area (Å²) in [4.78, 5) is 24.2. The minimum atomic E-state index is -1.28. The maximum absolute atomic E-state index is 12.0. The number of thiophene rings is 1. The number of carbonyl (C=O) groups excluding carboxylic acids is 1. The van der Waals surface area contributed by atoms with E-state index in [1.807, 2.05) is 17.5 Å². The van der Waals surface area contributed by atoms with Crippen molar-refractivity contribution in [2.45, 2.75) is 18.8 Å². The summed E-state index contributed by atoms with van der Waals surface area (Å²) >= 11 is 1.49. The molecule has 2 heterocycles. The summed E-state index contributed by atoms with van der Waals surface area (Å²) in [5, 5.41) is 23.9. The van der Waals surface area contributed by atoms with E-state index in [0.29, 0.717) is 12.0 Å². The van der Waals surface area contributed by atoms with Gasteiger partial charge < -0.3 is 20.1 Å². The van der Waals surface area contributed by atoms with Gasteiger partial charge in [0.1, 0.15) is 5.75 Å². The Bertz CT molecular complexity index is 733. The monoisotopic (exact) mass is 331 g/mol. The highest BCUT2D eigenvalue weighted by Crippen LogP contribution is 2.30. The SMILES string of the molecule is O=C(Cc1cccs1)NC1Cc2cccc(C(=O)O)c2OB1O. The molecule has 0 saturated heterocycles. The Hall–Kier alpha value is -2.32. The van der Waals surface area contributed by atoms with Gasteiger partial charge in [-0.25, -0.2) is 4.79 Å². The number of hydrogen-bond donors (Lipinski definition) is 3. The first kappa shape index (κ1) is 15.6. The van der Waals surface area contributed by atoms with Gasteiger partial charge in [0.2, 0.25) is 5.91 Å². The summed E-state index contributed by atoms with van der Waals surface area (Å²) in [7, 11) is -1.28. The number of amides is 1. The van der Waals surface area contributed by atoms with Crippen molar-refractivity contribution in [2.24, 2.45) is 0 Å². The lowest BCUT2D eigenvalue weighted by Crippen LogP contribution is -2.53. The molecule has 1 aromatic heterocycles. The number of fused-ring (bicyclic) bond motifs is 1. The second-order valence-electron chi connectivity index (χ2n) is 5.24. The maximum Gasteiger partial charge on any atom is 0.547 e. The molecular formula is C15H14BNO5S. The molecule has 3 rings (SSSR count). The molecule has 1 atom stereocenters. The van der Waals surface area contributed by atoms with Crippen LogP contribution in [-0.4, -0.2) is 35.1 Å². The smallest absolute Gasteiger partial charge is 0.534 e. The first-order chi connectivity index (χ1) is 11.0. The topological polar surface area (TPSA) is 95.9 Å². The van der Waals surface area contributed by atoms with Crippen molar-refractivity contribution in [3.05, 3.63) is 51.7 Å². The molecule has 0 radical (unpaired) electrons. The van der Waals surface area contributed by atoms with E-state index in [9.17, 15) is 14.6 Å². The highest BCUT2D eigenvalue weighted by Gasteiger charge is 2.37. The fourth-order valence-corrected chi connectivity index (χ4v) is 3.25. The Morgan fingerprint density at radius 2 is 2.17 bits per heavy atom. The van der Waals surface area contributed by atoms with E-state index in [2.05, 4.69) is 5.32 Å². The fraction of sp³-hybridized carbons (Fsp3) is 0.200. The number of carbonyl (C=O) groups is 2.